The number of hydrogen-bond acceptors (Lipinski definition) is 4. The Morgan fingerprint density at radius 1 is 0.926 bits per heavy atom. The van der Waals surface area contributed by atoms with E-state index >= 15 is 8.78 Å². The second kappa shape index (κ2) is 8.18. The standard InChI is InChI=1S/C20H25F2NO3Si/c1-25-16-10-6-14(7-11-16)18(24)20(21,22)19(27(3,4)5)23-15-8-12-17(26-2)13-9-15/h6-13,18,24H,1-5H3. The fourth-order valence-electron chi connectivity index (χ4n) is 2.65. The van der Waals surface area contributed by atoms with Crippen LogP contribution in [0.1, 0.15) is 11.7 Å². The first kappa shape index (κ1) is 21.1. The van der Waals surface area contributed by atoms with Crippen molar-refractivity contribution in [2.45, 2.75) is 31.7 Å². The van der Waals surface area contributed by atoms with Gasteiger partial charge < -0.3 is 14.6 Å². The van der Waals surface area contributed by atoms with E-state index in [-0.39, 0.29) is 10.9 Å². The van der Waals surface area contributed by atoms with Crippen LogP contribution in [0.3, 0.4) is 0 Å². The molecule has 0 heterocycles. The summed E-state index contributed by atoms with van der Waals surface area (Å²) in [7, 11) is 0.468. The largest absolute Gasteiger partial charge is 0.497 e. The average Bonchev–Trinajstić information content (AvgIpc) is 2.65. The van der Waals surface area contributed by atoms with Crippen LogP contribution in [0.25, 0.3) is 0 Å². The van der Waals surface area contributed by atoms with Gasteiger partial charge in [0.15, 0.2) is 0 Å². The van der Waals surface area contributed by atoms with Crippen LogP contribution in [-0.4, -0.2) is 38.7 Å². The van der Waals surface area contributed by atoms with Crippen LogP contribution in [0.15, 0.2) is 53.5 Å². The van der Waals surface area contributed by atoms with Crippen molar-refractivity contribution in [3.05, 3.63) is 54.1 Å². The summed E-state index contributed by atoms with van der Waals surface area (Å²) in [5, 5.41) is 10.2. The van der Waals surface area contributed by atoms with E-state index in [1.54, 1.807) is 56.0 Å². The Morgan fingerprint density at radius 2 is 1.37 bits per heavy atom. The molecular formula is C20H25F2NO3Si. The molecule has 1 unspecified atom stereocenters. The second-order valence-electron chi connectivity index (χ2n) is 7.21. The van der Waals surface area contributed by atoms with Gasteiger partial charge in [0.25, 0.3) is 0 Å². The summed E-state index contributed by atoms with van der Waals surface area (Å²) in [4.78, 5) is 4.25. The van der Waals surface area contributed by atoms with Gasteiger partial charge in [0.05, 0.1) is 25.2 Å². The van der Waals surface area contributed by atoms with Crippen LogP contribution < -0.4 is 9.47 Å². The molecule has 0 amide bonds. The second-order valence-corrected chi connectivity index (χ2v) is 12.2. The van der Waals surface area contributed by atoms with Crippen molar-refractivity contribution in [1.29, 1.82) is 0 Å². The molecule has 2 aromatic rings. The predicted octanol–water partition coefficient (Wildman–Crippen LogP) is 5.02. The van der Waals surface area contributed by atoms with Crippen LogP contribution in [0.4, 0.5) is 14.5 Å². The highest BCUT2D eigenvalue weighted by atomic mass is 28.3. The van der Waals surface area contributed by atoms with Gasteiger partial charge in [-0.15, -0.1) is 0 Å². The molecule has 2 aromatic carbocycles. The first-order valence-electron chi connectivity index (χ1n) is 8.53. The number of alkyl halides is 2. The number of halogens is 2. The minimum Gasteiger partial charge on any atom is -0.497 e. The molecule has 1 N–H and O–H groups in total. The maximum atomic E-state index is 15.3. The minimum atomic E-state index is -3.50. The number of aliphatic hydroxyl groups excluding tert-OH is 1. The summed E-state index contributed by atoms with van der Waals surface area (Å²) in [6, 6.07) is 12.5. The normalized spacial score (nSPS) is 14.0. The van der Waals surface area contributed by atoms with Gasteiger partial charge in [0.1, 0.15) is 25.7 Å². The molecule has 0 spiro atoms. The van der Waals surface area contributed by atoms with Gasteiger partial charge >= 0.3 is 5.92 Å². The van der Waals surface area contributed by atoms with Gasteiger partial charge in [-0.2, -0.15) is 8.78 Å². The van der Waals surface area contributed by atoms with Crippen molar-refractivity contribution in [3.63, 3.8) is 0 Å². The predicted molar refractivity (Wildman–Crippen MR) is 106 cm³/mol. The van der Waals surface area contributed by atoms with Crippen molar-refractivity contribution in [3.8, 4) is 11.5 Å². The summed E-state index contributed by atoms with van der Waals surface area (Å²) >= 11 is 0. The molecule has 146 valence electrons. The molecule has 0 saturated carbocycles. The van der Waals surface area contributed by atoms with Gasteiger partial charge in [-0.25, -0.2) is 0 Å². The fourth-order valence-corrected chi connectivity index (χ4v) is 4.25. The van der Waals surface area contributed by atoms with Gasteiger partial charge in [0.2, 0.25) is 0 Å². The number of benzene rings is 2. The summed E-state index contributed by atoms with van der Waals surface area (Å²) in [6.07, 6.45) is -1.99. The van der Waals surface area contributed by atoms with Crippen molar-refractivity contribution in [2.75, 3.05) is 14.2 Å². The van der Waals surface area contributed by atoms with E-state index in [0.717, 1.165) is 0 Å². The third-order valence-corrected chi connectivity index (χ3v) is 5.98. The number of ether oxygens (including phenoxy) is 2. The molecule has 0 aromatic heterocycles. The van der Waals surface area contributed by atoms with E-state index in [1.807, 2.05) is 0 Å². The van der Waals surface area contributed by atoms with Crippen LogP contribution in [0.5, 0.6) is 11.5 Å². The highest BCUT2D eigenvalue weighted by molar-refractivity contribution is 7.05. The van der Waals surface area contributed by atoms with Gasteiger partial charge in [-0.1, -0.05) is 31.8 Å². The molecule has 7 heteroatoms. The first-order chi connectivity index (χ1) is 12.6. The van der Waals surface area contributed by atoms with E-state index in [0.29, 0.717) is 17.2 Å². The number of aliphatic hydroxyl groups is 1. The van der Waals surface area contributed by atoms with Crippen LogP contribution in [-0.2, 0) is 0 Å². The van der Waals surface area contributed by atoms with E-state index in [9.17, 15) is 5.11 Å². The Kier molecular flexibility index (Phi) is 6.38. The Bertz CT molecular complexity index is 784. The Morgan fingerprint density at radius 3 is 1.78 bits per heavy atom. The maximum Gasteiger partial charge on any atom is 0.311 e. The lowest BCUT2D eigenvalue weighted by atomic mass is 10.0. The lowest BCUT2D eigenvalue weighted by Crippen LogP contribution is -2.49. The molecule has 0 radical (unpaired) electrons. The molecule has 0 fully saturated rings. The van der Waals surface area contributed by atoms with Crippen molar-refractivity contribution >= 4 is 19.1 Å². The number of methoxy groups -OCH3 is 2. The molecule has 4 nitrogen and oxygen atoms in total. The highest BCUT2D eigenvalue weighted by Gasteiger charge is 2.49. The minimum absolute atomic E-state index is 0.112. The van der Waals surface area contributed by atoms with E-state index in [4.69, 9.17) is 9.47 Å². The van der Waals surface area contributed by atoms with Gasteiger partial charge in [0, 0.05) is 0 Å². The van der Waals surface area contributed by atoms with E-state index < -0.39 is 20.1 Å². The third kappa shape index (κ3) is 4.93. The van der Waals surface area contributed by atoms with E-state index in [2.05, 4.69) is 4.99 Å². The Labute approximate surface area is 159 Å². The van der Waals surface area contributed by atoms with E-state index in [1.165, 1.54) is 26.4 Å². The smallest absolute Gasteiger partial charge is 0.311 e. The van der Waals surface area contributed by atoms with Crippen molar-refractivity contribution < 1.29 is 23.4 Å². The number of aliphatic imine (C=N–C) groups is 1. The maximum absolute atomic E-state index is 15.3. The molecule has 0 bridgehead atoms. The van der Waals surface area contributed by atoms with Crippen LogP contribution >= 0.6 is 0 Å². The zero-order valence-electron chi connectivity index (χ0n) is 16.2. The summed E-state index contributed by atoms with van der Waals surface area (Å²) in [6.45, 7) is 5.35. The topological polar surface area (TPSA) is 51.0 Å². The molecular weight excluding hydrogens is 368 g/mol. The van der Waals surface area contributed by atoms with Gasteiger partial charge in [-0.05, 0) is 42.0 Å². The van der Waals surface area contributed by atoms with Crippen molar-refractivity contribution in [2.24, 2.45) is 4.99 Å². The number of rotatable bonds is 7. The fraction of sp³-hybridized carbons (Fsp3) is 0.350. The third-order valence-electron chi connectivity index (χ3n) is 4.11. The SMILES string of the molecule is COc1ccc(N=C(C(F)(F)C(O)c2ccc(OC)cc2)[Si](C)(C)C)cc1. The molecule has 0 saturated heterocycles. The van der Waals surface area contributed by atoms with Crippen LogP contribution in [0, 0.1) is 0 Å². The Balaban J connectivity index is 2.44. The average molecular weight is 394 g/mol. The first-order valence-corrected chi connectivity index (χ1v) is 12.0. The molecule has 27 heavy (non-hydrogen) atoms. The quantitative estimate of drug-likeness (QED) is 0.531. The summed E-state index contributed by atoms with van der Waals surface area (Å²) in [5.41, 5.74) is 0.510. The zero-order chi connectivity index (χ0) is 20.2. The van der Waals surface area contributed by atoms with Gasteiger partial charge in [-0.3, -0.25) is 4.99 Å². The molecule has 1 atom stereocenters. The number of nitrogens with zero attached hydrogens (tertiary/aromatic N) is 1. The molecule has 0 aliphatic heterocycles. The molecule has 0 aliphatic rings. The van der Waals surface area contributed by atoms with Crippen molar-refractivity contribution in [1.82, 2.24) is 0 Å². The number of hydrogen-bond donors (Lipinski definition) is 1. The zero-order valence-corrected chi connectivity index (χ0v) is 17.2. The summed E-state index contributed by atoms with van der Waals surface area (Å²) in [5.74, 6) is -2.35. The molecule has 2 rings (SSSR count). The monoisotopic (exact) mass is 393 g/mol. The Hall–Kier alpha value is -2.25. The molecule has 0 aliphatic carbocycles. The summed E-state index contributed by atoms with van der Waals surface area (Å²) < 4.78 is 40.7. The van der Waals surface area contributed by atoms with Crippen LogP contribution in [0.2, 0.25) is 19.6 Å². The highest BCUT2D eigenvalue weighted by Crippen LogP contribution is 2.37. The lowest BCUT2D eigenvalue weighted by Gasteiger charge is -2.31. The lowest BCUT2D eigenvalue weighted by molar-refractivity contribution is -0.0533.